The summed E-state index contributed by atoms with van der Waals surface area (Å²) >= 11 is 1.60. The van der Waals surface area contributed by atoms with Crippen LogP contribution in [0, 0.1) is 17.8 Å². The highest BCUT2D eigenvalue weighted by atomic mass is 32.1. The van der Waals surface area contributed by atoms with Crippen LogP contribution in [0.4, 0.5) is 5.69 Å². The average Bonchev–Trinajstić information content (AvgIpc) is 2.80. The zero-order chi connectivity index (χ0) is 14.6. The van der Waals surface area contributed by atoms with Gasteiger partial charge in [0.05, 0.1) is 12.3 Å². The van der Waals surface area contributed by atoms with Crippen molar-refractivity contribution in [1.82, 2.24) is 0 Å². The second kappa shape index (κ2) is 4.73. The molecule has 0 aromatic carbocycles. The Kier molecular flexibility index (Phi) is 3.07. The van der Waals surface area contributed by atoms with Gasteiger partial charge in [-0.3, -0.25) is 0 Å². The zero-order valence-electron chi connectivity index (χ0n) is 12.6. The van der Waals surface area contributed by atoms with E-state index in [1.165, 1.54) is 43.4 Å². The van der Waals surface area contributed by atoms with Gasteiger partial charge in [0.25, 0.3) is 0 Å². The van der Waals surface area contributed by atoms with Crippen LogP contribution in [-0.2, 0) is 10.2 Å². The minimum absolute atomic E-state index is 0.254. The van der Waals surface area contributed by atoms with Gasteiger partial charge in [-0.15, -0.1) is 11.3 Å². The molecule has 1 aromatic heterocycles. The third-order valence-corrected chi connectivity index (χ3v) is 7.16. The van der Waals surface area contributed by atoms with Gasteiger partial charge in [0, 0.05) is 10.3 Å². The number of thiophene rings is 1. The number of nitrogen functional groups attached to an aromatic ring is 1. The second-order valence-electron chi connectivity index (χ2n) is 7.31. The molecular formula is C17H23NO2S. The topological polar surface area (TPSA) is 52.3 Å². The fourth-order valence-electron chi connectivity index (χ4n) is 5.44. The van der Waals surface area contributed by atoms with Crippen molar-refractivity contribution in [3.8, 4) is 0 Å². The van der Waals surface area contributed by atoms with Crippen LogP contribution < -0.4 is 5.73 Å². The predicted molar refractivity (Wildman–Crippen MR) is 84.5 cm³/mol. The molecule has 4 aliphatic rings. The number of rotatable bonds is 3. The van der Waals surface area contributed by atoms with Crippen molar-refractivity contribution in [2.45, 2.75) is 50.9 Å². The number of nitrogens with two attached hydrogens (primary N) is 1. The molecule has 4 fully saturated rings. The lowest BCUT2D eigenvalue weighted by Gasteiger charge is -2.56. The smallest absolute Gasteiger partial charge is 0.350 e. The van der Waals surface area contributed by atoms with Crippen molar-refractivity contribution in [2.24, 2.45) is 17.8 Å². The van der Waals surface area contributed by atoms with Gasteiger partial charge in [-0.2, -0.15) is 0 Å². The molecule has 0 amide bonds. The van der Waals surface area contributed by atoms with Crippen LogP contribution in [0.15, 0.2) is 6.07 Å². The maximum atomic E-state index is 12.0. The van der Waals surface area contributed by atoms with Gasteiger partial charge >= 0.3 is 5.97 Å². The van der Waals surface area contributed by atoms with Crippen LogP contribution in [0.2, 0.25) is 0 Å². The summed E-state index contributed by atoms with van der Waals surface area (Å²) in [6.45, 7) is 2.24. The molecule has 4 saturated carbocycles. The lowest BCUT2D eigenvalue weighted by molar-refractivity contribution is -0.00345. The lowest BCUT2D eigenvalue weighted by atomic mass is 9.49. The maximum absolute atomic E-state index is 12.0. The van der Waals surface area contributed by atoms with E-state index in [1.54, 1.807) is 11.3 Å². The molecule has 4 bridgehead atoms. The van der Waals surface area contributed by atoms with Crippen LogP contribution >= 0.6 is 11.3 Å². The quantitative estimate of drug-likeness (QED) is 0.860. The van der Waals surface area contributed by atoms with Crippen LogP contribution in [-0.4, -0.2) is 12.6 Å². The normalized spacial score (nSPS) is 36.9. The van der Waals surface area contributed by atoms with Crippen molar-refractivity contribution in [3.05, 3.63) is 15.8 Å². The van der Waals surface area contributed by atoms with E-state index < -0.39 is 0 Å². The highest BCUT2D eigenvalue weighted by Gasteiger charge is 2.52. The van der Waals surface area contributed by atoms with Crippen molar-refractivity contribution >= 4 is 23.0 Å². The highest BCUT2D eigenvalue weighted by molar-refractivity contribution is 7.14. The number of hydrogen-bond donors (Lipinski definition) is 1. The zero-order valence-corrected chi connectivity index (χ0v) is 13.4. The summed E-state index contributed by atoms with van der Waals surface area (Å²) < 4.78 is 5.13. The lowest BCUT2D eigenvalue weighted by Crippen LogP contribution is -2.48. The van der Waals surface area contributed by atoms with Crippen LogP contribution in [0.25, 0.3) is 0 Å². The van der Waals surface area contributed by atoms with Crippen LogP contribution in [0.5, 0.6) is 0 Å². The molecule has 0 aliphatic heterocycles. The van der Waals surface area contributed by atoms with E-state index in [-0.39, 0.29) is 5.97 Å². The van der Waals surface area contributed by atoms with Gasteiger partial charge in [-0.25, -0.2) is 4.79 Å². The molecule has 4 aliphatic carbocycles. The van der Waals surface area contributed by atoms with Gasteiger partial charge in [-0.05, 0) is 69.3 Å². The Morgan fingerprint density at radius 1 is 1.29 bits per heavy atom. The molecule has 5 rings (SSSR count). The summed E-state index contributed by atoms with van der Waals surface area (Å²) in [7, 11) is 0. The Labute approximate surface area is 129 Å². The first-order valence-corrected chi connectivity index (χ1v) is 8.98. The van der Waals surface area contributed by atoms with Gasteiger partial charge < -0.3 is 10.5 Å². The number of carbonyl (C=O) groups excluding carboxylic acids is 1. The van der Waals surface area contributed by atoms with E-state index in [0.717, 1.165) is 17.8 Å². The van der Waals surface area contributed by atoms with Gasteiger partial charge in [0.1, 0.15) is 4.88 Å². The number of esters is 1. The molecule has 0 unspecified atom stereocenters. The van der Waals surface area contributed by atoms with Gasteiger partial charge in [0.2, 0.25) is 0 Å². The summed E-state index contributed by atoms with van der Waals surface area (Å²) in [6.07, 6.45) is 8.23. The Bertz CT molecular complexity index is 542. The molecule has 1 heterocycles. The summed E-state index contributed by atoms with van der Waals surface area (Å²) in [6, 6.07) is 2.07. The number of carbonyl (C=O) groups is 1. The van der Waals surface area contributed by atoms with E-state index in [2.05, 4.69) is 6.07 Å². The summed E-state index contributed by atoms with van der Waals surface area (Å²) in [4.78, 5) is 14.0. The van der Waals surface area contributed by atoms with Crippen molar-refractivity contribution in [1.29, 1.82) is 0 Å². The molecule has 21 heavy (non-hydrogen) atoms. The SMILES string of the molecule is CCOC(=O)c1sc(C23CC4CC(CC(C4)C2)C3)cc1N. The largest absolute Gasteiger partial charge is 0.462 e. The first-order chi connectivity index (χ1) is 10.1. The minimum Gasteiger partial charge on any atom is -0.462 e. The standard InChI is InChI=1S/C17H23NO2S/c1-2-20-16(19)15-13(18)6-14(21-15)17-7-10-3-11(8-17)5-12(4-10)9-17/h6,10-12H,2-5,7-9,18H2,1H3. The molecule has 0 saturated heterocycles. The number of ether oxygens (including phenoxy) is 1. The first-order valence-electron chi connectivity index (χ1n) is 8.16. The van der Waals surface area contributed by atoms with Gasteiger partial charge in [0.15, 0.2) is 0 Å². The van der Waals surface area contributed by atoms with E-state index in [9.17, 15) is 4.79 Å². The Hall–Kier alpha value is -1.03. The molecule has 2 N–H and O–H groups in total. The molecule has 114 valence electrons. The molecule has 0 atom stereocenters. The molecule has 1 aromatic rings. The van der Waals surface area contributed by atoms with E-state index in [4.69, 9.17) is 10.5 Å². The van der Waals surface area contributed by atoms with Crippen molar-refractivity contribution in [2.75, 3.05) is 12.3 Å². The average molecular weight is 305 g/mol. The second-order valence-corrected chi connectivity index (χ2v) is 8.37. The van der Waals surface area contributed by atoms with E-state index >= 15 is 0 Å². The minimum atomic E-state index is -0.254. The van der Waals surface area contributed by atoms with Gasteiger partial charge in [-0.1, -0.05) is 0 Å². The number of anilines is 1. The fraction of sp³-hybridized carbons (Fsp3) is 0.706. The van der Waals surface area contributed by atoms with Crippen LogP contribution in [0.1, 0.15) is 60.0 Å². The van der Waals surface area contributed by atoms with E-state index in [1.807, 2.05) is 6.92 Å². The first kappa shape index (κ1) is 13.6. The highest BCUT2D eigenvalue weighted by Crippen LogP contribution is 2.61. The summed E-state index contributed by atoms with van der Waals surface area (Å²) in [5.74, 6) is 2.47. The Morgan fingerprint density at radius 3 is 2.38 bits per heavy atom. The molecular weight excluding hydrogens is 282 g/mol. The Morgan fingerprint density at radius 2 is 1.86 bits per heavy atom. The van der Waals surface area contributed by atoms with E-state index in [0.29, 0.717) is 22.6 Å². The monoisotopic (exact) mass is 305 g/mol. The number of hydrogen-bond acceptors (Lipinski definition) is 4. The summed E-state index contributed by atoms with van der Waals surface area (Å²) in [5.41, 5.74) is 7.03. The van der Waals surface area contributed by atoms with Crippen molar-refractivity contribution in [3.63, 3.8) is 0 Å². The molecule has 3 nitrogen and oxygen atoms in total. The maximum Gasteiger partial charge on any atom is 0.350 e. The molecule has 0 radical (unpaired) electrons. The fourth-order valence-corrected chi connectivity index (χ4v) is 6.63. The molecule has 0 spiro atoms. The predicted octanol–water partition coefficient (Wildman–Crippen LogP) is 3.97. The Balaban J connectivity index is 1.67. The molecule has 4 heteroatoms. The van der Waals surface area contributed by atoms with Crippen molar-refractivity contribution < 1.29 is 9.53 Å². The third kappa shape index (κ3) is 2.10. The van der Waals surface area contributed by atoms with Crippen LogP contribution in [0.3, 0.4) is 0 Å². The third-order valence-electron chi connectivity index (χ3n) is 5.78. The summed E-state index contributed by atoms with van der Waals surface area (Å²) in [5, 5.41) is 0.